The molecule has 1 N–H and O–H groups in total. The first-order chi connectivity index (χ1) is 9.22. The summed E-state index contributed by atoms with van der Waals surface area (Å²) in [5.74, 6) is 1.08. The largest absolute Gasteiger partial charge is 0.375 e. The third kappa shape index (κ3) is 3.25. The Morgan fingerprint density at radius 3 is 3.00 bits per heavy atom. The summed E-state index contributed by atoms with van der Waals surface area (Å²) in [6, 6.07) is 7.45. The lowest BCUT2D eigenvalue weighted by atomic mass is 10.2. The quantitative estimate of drug-likeness (QED) is 0.899. The van der Waals surface area contributed by atoms with Crippen molar-refractivity contribution in [2.45, 2.75) is 51.4 Å². The summed E-state index contributed by atoms with van der Waals surface area (Å²) < 4.78 is 5.68. The molecule has 0 radical (unpaired) electrons. The van der Waals surface area contributed by atoms with Crippen LogP contribution in [0.15, 0.2) is 18.2 Å². The van der Waals surface area contributed by atoms with E-state index in [0.29, 0.717) is 6.04 Å². The highest BCUT2D eigenvalue weighted by Crippen LogP contribution is 2.21. The number of anilines is 1. The standard InChI is InChI=1S/C15H23N3O/c1-11-10-19-12(2)9-18(11)15-5-3-4-14(17-15)8-16-13-6-7-13/h3-5,11-13,16H,6-10H2,1-2H3. The lowest BCUT2D eigenvalue weighted by Gasteiger charge is -2.37. The smallest absolute Gasteiger partial charge is 0.129 e. The van der Waals surface area contributed by atoms with Crippen LogP contribution in [-0.4, -0.2) is 36.3 Å². The molecule has 1 aliphatic carbocycles. The van der Waals surface area contributed by atoms with Crippen LogP contribution in [0.2, 0.25) is 0 Å². The van der Waals surface area contributed by atoms with Crippen LogP contribution in [0.5, 0.6) is 0 Å². The van der Waals surface area contributed by atoms with Crippen molar-refractivity contribution < 1.29 is 4.74 Å². The van der Waals surface area contributed by atoms with Gasteiger partial charge in [0.25, 0.3) is 0 Å². The number of nitrogens with one attached hydrogen (secondary N) is 1. The third-order valence-corrected chi connectivity index (χ3v) is 3.84. The first-order valence-corrected chi connectivity index (χ1v) is 7.30. The molecule has 0 bridgehead atoms. The van der Waals surface area contributed by atoms with Gasteiger partial charge in [0.1, 0.15) is 5.82 Å². The van der Waals surface area contributed by atoms with Gasteiger partial charge in [-0.2, -0.15) is 0 Å². The Labute approximate surface area is 115 Å². The third-order valence-electron chi connectivity index (χ3n) is 3.84. The van der Waals surface area contributed by atoms with Crippen molar-refractivity contribution in [1.29, 1.82) is 0 Å². The fourth-order valence-corrected chi connectivity index (χ4v) is 2.48. The Bertz CT molecular complexity index is 433. The van der Waals surface area contributed by atoms with Crippen molar-refractivity contribution in [1.82, 2.24) is 10.3 Å². The van der Waals surface area contributed by atoms with E-state index in [1.165, 1.54) is 12.8 Å². The van der Waals surface area contributed by atoms with Gasteiger partial charge in [0.2, 0.25) is 0 Å². The molecule has 2 unspecified atom stereocenters. The summed E-state index contributed by atoms with van der Waals surface area (Å²) in [5, 5.41) is 3.52. The fourth-order valence-electron chi connectivity index (χ4n) is 2.48. The zero-order valence-corrected chi connectivity index (χ0v) is 11.8. The van der Waals surface area contributed by atoms with Gasteiger partial charge in [0, 0.05) is 19.1 Å². The van der Waals surface area contributed by atoms with Crippen LogP contribution in [-0.2, 0) is 11.3 Å². The summed E-state index contributed by atoms with van der Waals surface area (Å²) in [5.41, 5.74) is 1.13. The fraction of sp³-hybridized carbons (Fsp3) is 0.667. The van der Waals surface area contributed by atoms with Crippen molar-refractivity contribution >= 4 is 5.82 Å². The second-order valence-electron chi connectivity index (χ2n) is 5.79. The van der Waals surface area contributed by atoms with Crippen LogP contribution in [0.1, 0.15) is 32.4 Å². The van der Waals surface area contributed by atoms with Gasteiger partial charge in [-0.1, -0.05) is 6.07 Å². The molecule has 1 aliphatic heterocycles. The van der Waals surface area contributed by atoms with Gasteiger partial charge in [-0.15, -0.1) is 0 Å². The molecular weight excluding hydrogens is 238 g/mol. The van der Waals surface area contributed by atoms with E-state index in [9.17, 15) is 0 Å². The minimum absolute atomic E-state index is 0.284. The first-order valence-electron chi connectivity index (χ1n) is 7.30. The number of hydrogen-bond donors (Lipinski definition) is 1. The zero-order chi connectivity index (χ0) is 13.2. The Hall–Kier alpha value is -1.13. The van der Waals surface area contributed by atoms with Gasteiger partial charge in [-0.3, -0.25) is 0 Å². The van der Waals surface area contributed by atoms with E-state index in [2.05, 4.69) is 42.3 Å². The molecule has 2 aliphatic rings. The lowest BCUT2D eigenvalue weighted by molar-refractivity contribution is 0.0340. The van der Waals surface area contributed by atoms with Crippen molar-refractivity contribution in [3.05, 3.63) is 23.9 Å². The second-order valence-corrected chi connectivity index (χ2v) is 5.79. The zero-order valence-electron chi connectivity index (χ0n) is 11.8. The molecule has 1 aromatic rings. The van der Waals surface area contributed by atoms with Crippen molar-refractivity contribution in [2.75, 3.05) is 18.1 Å². The minimum atomic E-state index is 0.284. The summed E-state index contributed by atoms with van der Waals surface area (Å²) in [7, 11) is 0. The molecule has 4 heteroatoms. The molecular formula is C15H23N3O. The molecule has 0 amide bonds. The summed E-state index contributed by atoms with van der Waals surface area (Å²) in [6.45, 7) is 6.91. The number of aromatic nitrogens is 1. The van der Waals surface area contributed by atoms with E-state index in [0.717, 1.165) is 37.3 Å². The van der Waals surface area contributed by atoms with E-state index < -0.39 is 0 Å². The van der Waals surface area contributed by atoms with Crippen LogP contribution >= 0.6 is 0 Å². The highest BCUT2D eigenvalue weighted by atomic mass is 16.5. The number of rotatable bonds is 4. The average Bonchev–Trinajstić information content (AvgIpc) is 3.24. The highest BCUT2D eigenvalue weighted by molar-refractivity contribution is 5.41. The number of nitrogens with zero attached hydrogens (tertiary/aromatic N) is 2. The first kappa shape index (κ1) is 12.9. The van der Waals surface area contributed by atoms with Crippen molar-refractivity contribution in [2.24, 2.45) is 0 Å². The minimum Gasteiger partial charge on any atom is -0.375 e. The Morgan fingerprint density at radius 2 is 2.21 bits per heavy atom. The maximum Gasteiger partial charge on any atom is 0.129 e. The lowest BCUT2D eigenvalue weighted by Crippen LogP contribution is -2.47. The van der Waals surface area contributed by atoms with E-state index in [-0.39, 0.29) is 6.10 Å². The average molecular weight is 261 g/mol. The van der Waals surface area contributed by atoms with Crippen molar-refractivity contribution in [3.8, 4) is 0 Å². The van der Waals surface area contributed by atoms with Gasteiger partial charge >= 0.3 is 0 Å². The van der Waals surface area contributed by atoms with E-state index in [4.69, 9.17) is 9.72 Å². The molecule has 19 heavy (non-hydrogen) atoms. The highest BCUT2D eigenvalue weighted by Gasteiger charge is 2.25. The molecule has 2 heterocycles. The Balaban J connectivity index is 1.69. The molecule has 0 spiro atoms. The predicted octanol–water partition coefficient (Wildman–Crippen LogP) is 1.95. The van der Waals surface area contributed by atoms with Gasteiger partial charge in [0.05, 0.1) is 24.4 Å². The summed E-state index contributed by atoms with van der Waals surface area (Å²) in [4.78, 5) is 7.14. The second kappa shape index (κ2) is 5.47. The normalized spacial score (nSPS) is 27.6. The molecule has 104 valence electrons. The van der Waals surface area contributed by atoms with Crippen LogP contribution in [0, 0.1) is 0 Å². The van der Waals surface area contributed by atoms with E-state index in [1.54, 1.807) is 0 Å². The number of morpholine rings is 1. The topological polar surface area (TPSA) is 37.4 Å². The predicted molar refractivity (Wildman–Crippen MR) is 76.3 cm³/mol. The Kier molecular flexibility index (Phi) is 3.71. The monoisotopic (exact) mass is 261 g/mol. The molecule has 1 saturated heterocycles. The van der Waals surface area contributed by atoms with Crippen molar-refractivity contribution in [3.63, 3.8) is 0 Å². The Morgan fingerprint density at radius 1 is 1.37 bits per heavy atom. The SMILES string of the molecule is CC1CN(c2cccc(CNC3CC3)n2)C(C)CO1. The number of ether oxygens (including phenoxy) is 1. The molecule has 2 fully saturated rings. The molecule has 4 nitrogen and oxygen atoms in total. The van der Waals surface area contributed by atoms with E-state index in [1.807, 2.05) is 0 Å². The molecule has 3 rings (SSSR count). The van der Waals surface area contributed by atoms with Crippen LogP contribution in [0.4, 0.5) is 5.82 Å². The number of pyridine rings is 1. The number of hydrogen-bond acceptors (Lipinski definition) is 4. The van der Waals surface area contributed by atoms with Crippen LogP contribution in [0.25, 0.3) is 0 Å². The van der Waals surface area contributed by atoms with Gasteiger partial charge in [-0.25, -0.2) is 4.98 Å². The molecule has 2 atom stereocenters. The molecule has 0 aromatic carbocycles. The maximum atomic E-state index is 5.68. The van der Waals surface area contributed by atoms with Gasteiger partial charge in [0.15, 0.2) is 0 Å². The van der Waals surface area contributed by atoms with Gasteiger partial charge in [-0.05, 0) is 38.8 Å². The van der Waals surface area contributed by atoms with E-state index >= 15 is 0 Å². The maximum absolute atomic E-state index is 5.68. The molecule has 1 aromatic heterocycles. The van der Waals surface area contributed by atoms with Crippen LogP contribution < -0.4 is 10.2 Å². The van der Waals surface area contributed by atoms with Crippen LogP contribution in [0.3, 0.4) is 0 Å². The summed E-state index contributed by atoms with van der Waals surface area (Å²) in [6.07, 6.45) is 2.92. The molecule has 1 saturated carbocycles. The van der Waals surface area contributed by atoms with Gasteiger partial charge < -0.3 is 15.0 Å². The summed E-state index contributed by atoms with van der Waals surface area (Å²) >= 11 is 0.